The summed E-state index contributed by atoms with van der Waals surface area (Å²) in [6, 6.07) is 0.0270. The Bertz CT molecular complexity index is 349. The predicted octanol–water partition coefficient (Wildman–Crippen LogP) is 1.11. The maximum Gasteiger partial charge on any atom is 0.304 e. The Labute approximate surface area is 95.7 Å². The molecule has 1 rings (SSSR count). The van der Waals surface area contributed by atoms with Crippen LogP contribution in [0.15, 0.2) is 12.4 Å². The Morgan fingerprint density at radius 3 is 2.81 bits per heavy atom. The quantitative estimate of drug-likeness (QED) is 0.787. The number of rotatable bonds is 6. The second-order valence-corrected chi connectivity index (χ2v) is 3.96. The fraction of sp³-hybridized carbons (Fsp3) is 0.636. The van der Waals surface area contributed by atoms with Crippen molar-refractivity contribution in [2.75, 3.05) is 6.54 Å². The lowest BCUT2D eigenvalue weighted by atomic mass is 10.2. The number of imidazole rings is 1. The topological polar surface area (TPSA) is 58.4 Å². The molecule has 5 heteroatoms. The van der Waals surface area contributed by atoms with Crippen LogP contribution in [-0.2, 0) is 18.4 Å². The zero-order valence-corrected chi connectivity index (χ0v) is 10.1. The van der Waals surface area contributed by atoms with Gasteiger partial charge in [-0.3, -0.25) is 9.69 Å². The van der Waals surface area contributed by atoms with Gasteiger partial charge < -0.3 is 9.67 Å². The summed E-state index contributed by atoms with van der Waals surface area (Å²) in [6.45, 7) is 5.47. The Kier molecular flexibility index (Phi) is 4.49. The Hall–Kier alpha value is -1.36. The first-order chi connectivity index (χ1) is 7.54. The number of carboxylic acid groups (broad SMARTS) is 1. The van der Waals surface area contributed by atoms with Crippen LogP contribution in [0.1, 0.15) is 26.1 Å². The molecule has 1 atom stereocenters. The molecule has 0 saturated carbocycles. The molecule has 0 saturated heterocycles. The lowest BCUT2D eigenvalue weighted by Crippen LogP contribution is -2.34. The van der Waals surface area contributed by atoms with Gasteiger partial charge in [-0.1, -0.05) is 6.92 Å². The average molecular weight is 225 g/mol. The molecule has 16 heavy (non-hydrogen) atoms. The highest BCUT2D eigenvalue weighted by Crippen LogP contribution is 2.08. The van der Waals surface area contributed by atoms with Gasteiger partial charge in [0.15, 0.2) is 0 Å². The van der Waals surface area contributed by atoms with Crippen LogP contribution < -0.4 is 0 Å². The van der Waals surface area contributed by atoms with Gasteiger partial charge in [0.05, 0.1) is 13.0 Å². The molecule has 1 aromatic heterocycles. The molecule has 90 valence electrons. The van der Waals surface area contributed by atoms with E-state index in [4.69, 9.17) is 5.11 Å². The smallest absolute Gasteiger partial charge is 0.304 e. The second kappa shape index (κ2) is 5.65. The van der Waals surface area contributed by atoms with Gasteiger partial charge in [-0.2, -0.15) is 0 Å². The van der Waals surface area contributed by atoms with E-state index in [1.54, 1.807) is 6.20 Å². The van der Waals surface area contributed by atoms with Crippen LogP contribution in [0.25, 0.3) is 0 Å². The van der Waals surface area contributed by atoms with Gasteiger partial charge in [0, 0.05) is 25.5 Å². The fourth-order valence-corrected chi connectivity index (χ4v) is 1.69. The first-order valence-corrected chi connectivity index (χ1v) is 5.46. The maximum atomic E-state index is 10.7. The van der Waals surface area contributed by atoms with Crippen LogP contribution in [0, 0.1) is 0 Å². The highest BCUT2D eigenvalue weighted by molar-refractivity contribution is 5.67. The first kappa shape index (κ1) is 12.7. The summed E-state index contributed by atoms with van der Waals surface area (Å²) in [5.41, 5.74) is 0. The number of hydrogen-bond acceptors (Lipinski definition) is 3. The van der Waals surface area contributed by atoms with E-state index < -0.39 is 5.97 Å². The zero-order valence-electron chi connectivity index (χ0n) is 10.1. The Morgan fingerprint density at radius 1 is 1.69 bits per heavy atom. The van der Waals surface area contributed by atoms with Gasteiger partial charge >= 0.3 is 5.97 Å². The van der Waals surface area contributed by atoms with Crippen molar-refractivity contribution < 1.29 is 9.90 Å². The minimum Gasteiger partial charge on any atom is -0.481 e. The van der Waals surface area contributed by atoms with E-state index in [9.17, 15) is 4.79 Å². The van der Waals surface area contributed by atoms with Crippen LogP contribution in [0.2, 0.25) is 0 Å². The predicted molar refractivity (Wildman–Crippen MR) is 61.0 cm³/mol. The number of hydrogen-bond donors (Lipinski definition) is 1. The van der Waals surface area contributed by atoms with Gasteiger partial charge in [-0.05, 0) is 13.5 Å². The molecular formula is C11H19N3O2. The number of aryl methyl sites for hydroxylation is 1. The van der Waals surface area contributed by atoms with E-state index in [-0.39, 0.29) is 12.5 Å². The molecule has 0 radical (unpaired) electrons. The van der Waals surface area contributed by atoms with E-state index in [2.05, 4.69) is 9.88 Å². The van der Waals surface area contributed by atoms with Crippen molar-refractivity contribution in [3.05, 3.63) is 18.2 Å². The molecule has 0 spiro atoms. The van der Waals surface area contributed by atoms with E-state index in [0.29, 0.717) is 6.54 Å². The Balaban J connectivity index is 2.61. The number of carbonyl (C=O) groups is 1. The van der Waals surface area contributed by atoms with E-state index >= 15 is 0 Å². The van der Waals surface area contributed by atoms with Crippen molar-refractivity contribution >= 4 is 5.97 Å². The molecule has 0 fully saturated rings. The summed E-state index contributed by atoms with van der Waals surface area (Å²) in [4.78, 5) is 17.0. The van der Waals surface area contributed by atoms with Crippen molar-refractivity contribution in [2.24, 2.45) is 7.05 Å². The molecule has 1 heterocycles. The zero-order chi connectivity index (χ0) is 12.1. The molecule has 0 aliphatic carbocycles. The van der Waals surface area contributed by atoms with Crippen molar-refractivity contribution in [1.29, 1.82) is 0 Å². The van der Waals surface area contributed by atoms with Gasteiger partial charge in [-0.25, -0.2) is 4.98 Å². The Morgan fingerprint density at radius 2 is 2.38 bits per heavy atom. The minimum absolute atomic E-state index is 0.0270. The molecule has 1 unspecified atom stereocenters. The van der Waals surface area contributed by atoms with E-state index in [1.165, 1.54) is 0 Å². The van der Waals surface area contributed by atoms with Gasteiger partial charge in [0.1, 0.15) is 5.82 Å². The van der Waals surface area contributed by atoms with Crippen molar-refractivity contribution in [1.82, 2.24) is 14.5 Å². The number of nitrogens with zero attached hydrogens (tertiary/aromatic N) is 3. The molecule has 0 aromatic carbocycles. The van der Waals surface area contributed by atoms with Crippen LogP contribution >= 0.6 is 0 Å². The number of carboxylic acids is 1. The van der Waals surface area contributed by atoms with Gasteiger partial charge in [0.2, 0.25) is 0 Å². The highest BCUT2D eigenvalue weighted by atomic mass is 16.4. The average Bonchev–Trinajstić information content (AvgIpc) is 2.59. The van der Waals surface area contributed by atoms with Crippen LogP contribution in [0.5, 0.6) is 0 Å². The molecule has 0 amide bonds. The summed E-state index contributed by atoms with van der Waals surface area (Å²) in [6.07, 6.45) is 3.81. The lowest BCUT2D eigenvalue weighted by molar-refractivity contribution is -0.138. The van der Waals surface area contributed by atoms with Crippen LogP contribution in [-0.4, -0.2) is 38.1 Å². The third-order valence-corrected chi connectivity index (χ3v) is 2.77. The van der Waals surface area contributed by atoms with Gasteiger partial charge in [-0.15, -0.1) is 0 Å². The van der Waals surface area contributed by atoms with E-state index in [0.717, 1.165) is 12.4 Å². The summed E-state index contributed by atoms with van der Waals surface area (Å²) < 4.78 is 1.95. The van der Waals surface area contributed by atoms with Crippen molar-refractivity contribution in [3.63, 3.8) is 0 Å². The first-order valence-electron chi connectivity index (χ1n) is 5.46. The highest BCUT2D eigenvalue weighted by Gasteiger charge is 2.16. The monoisotopic (exact) mass is 225 g/mol. The molecule has 0 aliphatic rings. The maximum absolute atomic E-state index is 10.7. The summed E-state index contributed by atoms with van der Waals surface area (Å²) >= 11 is 0. The summed E-state index contributed by atoms with van der Waals surface area (Å²) in [5, 5.41) is 8.76. The van der Waals surface area contributed by atoms with Crippen molar-refractivity contribution in [2.45, 2.75) is 32.9 Å². The standard InChI is InChI=1S/C11H19N3O2/c1-4-14(9(2)7-11(15)16)8-10-12-5-6-13(10)3/h5-6,9H,4,7-8H2,1-3H3,(H,15,16). The largest absolute Gasteiger partial charge is 0.481 e. The second-order valence-electron chi connectivity index (χ2n) is 3.96. The summed E-state index contributed by atoms with van der Waals surface area (Å²) in [7, 11) is 1.94. The number of aromatic nitrogens is 2. The lowest BCUT2D eigenvalue weighted by Gasteiger charge is -2.26. The van der Waals surface area contributed by atoms with E-state index in [1.807, 2.05) is 31.7 Å². The SMILES string of the molecule is CCN(Cc1nccn1C)C(C)CC(=O)O. The summed E-state index contributed by atoms with van der Waals surface area (Å²) in [5.74, 6) is 0.199. The third kappa shape index (κ3) is 3.34. The van der Waals surface area contributed by atoms with Gasteiger partial charge in [0.25, 0.3) is 0 Å². The minimum atomic E-state index is -0.759. The molecule has 0 aliphatic heterocycles. The van der Waals surface area contributed by atoms with Crippen LogP contribution in [0.4, 0.5) is 0 Å². The normalized spacial score (nSPS) is 13.0. The molecule has 0 bridgehead atoms. The van der Waals surface area contributed by atoms with Crippen LogP contribution in [0.3, 0.4) is 0 Å². The molecule has 1 aromatic rings. The fourth-order valence-electron chi connectivity index (χ4n) is 1.69. The number of aliphatic carboxylic acids is 1. The molecule has 5 nitrogen and oxygen atoms in total. The van der Waals surface area contributed by atoms with Crippen molar-refractivity contribution in [3.8, 4) is 0 Å². The third-order valence-electron chi connectivity index (χ3n) is 2.77. The molecule has 1 N–H and O–H groups in total. The molecular weight excluding hydrogens is 206 g/mol.